The highest BCUT2D eigenvalue weighted by molar-refractivity contribution is 6.01. The average molecular weight is 243 g/mol. The highest BCUT2D eigenvalue weighted by Gasteiger charge is 2.17. The quantitative estimate of drug-likeness (QED) is 0.643. The Morgan fingerprint density at radius 1 is 1.33 bits per heavy atom. The molecule has 1 N–H and O–H groups in total. The maximum atomic E-state index is 11.9. The molecular formula is C13H13N3O2. The summed E-state index contributed by atoms with van der Waals surface area (Å²) in [5, 5.41) is 14.3. The van der Waals surface area contributed by atoms with E-state index in [1.54, 1.807) is 31.3 Å². The van der Waals surface area contributed by atoms with Crippen molar-refractivity contribution in [1.29, 1.82) is 0 Å². The van der Waals surface area contributed by atoms with Gasteiger partial charge < -0.3 is 10.5 Å². The molecule has 0 bridgehead atoms. The smallest absolute Gasteiger partial charge is 0.322 e. The molecule has 2 heterocycles. The van der Waals surface area contributed by atoms with Gasteiger partial charge in [-0.3, -0.25) is 4.79 Å². The lowest BCUT2D eigenvalue weighted by atomic mass is 10.2. The Morgan fingerprint density at radius 3 is 2.83 bits per heavy atom. The Labute approximate surface area is 105 Å². The van der Waals surface area contributed by atoms with Gasteiger partial charge >= 0.3 is 5.91 Å². The van der Waals surface area contributed by atoms with Crippen LogP contribution in [-0.2, 0) is 0 Å². The van der Waals surface area contributed by atoms with Crippen LogP contribution in [0.3, 0.4) is 0 Å². The van der Waals surface area contributed by atoms with Gasteiger partial charge in [-0.05, 0) is 30.7 Å². The number of carbonyl (C=O) groups is 1. The van der Waals surface area contributed by atoms with Crippen molar-refractivity contribution in [1.82, 2.24) is 4.98 Å². The van der Waals surface area contributed by atoms with Crippen molar-refractivity contribution in [2.75, 3.05) is 5.32 Å². The highest BCUT2D eigenvalue weighted by atomic mass is 16.5. The Kier molecular flexibility index (Phi) is 3.23. The third kappa shape index (κ3) is 2.45. The molecule has 18 heavy (non-hydrogen) atoms. The highest BCUT2D eigenvalue weighted by Crippen LogP contribution is 2.07. The zero-order chi connectivity index (χ0) is 13.1. The summed E-state index contributed by atoms with van der Waals surface area (Å²) >= 11 is 0. The summed E-state index contributed by atoms with van der Waals surface area (Å²) in [6.07, 6.45) is 1.60. The van der Waals surface area contributed by atoms with Crippen LogP contribution in [0.25, 0.3) is 0 Å². The van der Waals surface area contributed by atoms with Crippen LogP contribution in [0.15, 0.2) is 36.5 Å². The molecule has 0 radical (unpaired) electrons. The number of nitrogens with one attached hydrogen (secondary N) is 1. The van der Waals surface area contributed by atoms with Gasteiger partial charge in [0.05, 0.1) is 0 Å². The molecule has 1 amide bonds. The van der Waals surface area contributed by atoms with Crippen molar-refractivity contribution >= 4 is 11.7 Å². The fourth-order valence-electron chi connectivity index (χ4n) is 1.56. The van der Waals surface area contributed by atoms with E-state index in [-0.39, 0.29) is 5.69 Å². The van der Waals surface area contributed by atoms with Crippen molar-refractivity contribution in [2.24, 2.45) is 0 Å². The zero-order valence-electron chi connectivity index (χ0n) is 10.2. The molecule has 5 nitrogen and oxygen atoms in total. The maximum Gasteiger partial charge on any atom is 0.322 e. The molecule has 0 aromatic carbocycles. The Hall–Kier alpha value is -2.43. The lowest BCUT2D eigenvalue weighted by molar-refractivity contribution is -0.614. The van der Waals surface area contributed by atoms with E-state index in [9.17, 15) is 10.0 Å². The van der Waals surface area contributed by atoms with Gasteiger partial charge in [0.25, 0.3) is 5.69 Å². The van der Waals surface area contributed by atoms with Crippen LogP contribution in [0.2, 0.25) is 0 Å². The van der Waals surface area contributed by atoms with Crippen molar-refractivity contribution in [2.45, 2.75) is 13.8 Å². The minimum atomic E-state index is -0.466. The Morgan fingerprint density at radius 2 is 2.11 bits per heavy atom. The molecule has 0 aliphatic carbocycles. The number of nitrogens with zero attached hydrogens (tertiary/aromatic N) is 2. The fraction of sp³-hybridized carbons (Fsp3) is 0.154. The lowest BCUT2D eigenvalue weighted by Gasteiger charge is -2.07. The van der Waals surface area contributed by atoms with Gasteiger partial charge in [-0.2, -0.15) is 4.73 Å². The van der Waals surface area contributed by atoms with Crippen LogP contribution in [0.1, 0.15) is 21.7 Å². The van der Waals surface area contributed by atoms with Gasteiger partial charge in [-0.15, -0.1) is 0 Å². The zero-order valence-corrected chi connectivity index (χ0v) is 10.2. The fourth-order valence-corrected chi connectivity index (χ4v) is 1.56. The first kappa shape index (κ1) is 12.0. The number of amides is 1. The minimum Gasteiger partial charge on any atom is -0.618 e. The molecule has 2 rings (SSSR count). The third-order valence-electron chi connectivity index (χ3n) is 2.52. The number of aromatic nitrogens is 2. The van der Waals surface area contributed by atoms with Gasteiger partial charge in [-0.25, -0.2) is 4.98 Å². The summed E-state index contributed by atoms with van der Waals surface area (Å²) in [6.45, 7) is 3.55. The number of pyridine rings is 2. The van der Waals surface area contributed by atoms with Crippen molar-refractivity contribution in [3.8, 4) is 0 Å². The van der Waals surface area contributed by atoms with E-state index in [4.69, 9.17) is 0 Å². The van der Waals surface area contributed by atoms with Gasteiger partial charge in [-0.1, -0.05) is 0 Å². The molecule has 0 saturated carbocycles. The van der Waals surface area contributed by atoms with Crippen molar-refractivity contribution in [3.63, 3.8) is 0 Å². The van der Waals surface area contributed by atoms with E-state index in [2.05, 4.69) is 10.3 Å². The first-order valence-corrected chi connectivity index (χ1v) is 5.51. The Bertz CT molecular complexity index is 597. The number of hydrogen-bond donors (Lipinski definition) is 1. The number of hydrogen-bond acceptors (Lipinski definition) is 3. The van der Waals surface area contributed by atoms with E-state index < -0.39 is 5.91 Å². The van der Waals surface area contributed by atoms with Crippen LogP contribution in [-0.4, -0.2) is 10.9 Å². The van der Waals surface area contributed by atoms with Crippen LogP contribution < -0.4 is 10.0 Å². The second-order valence-electron chi connectivity index (χ2n) is 4.02. The summed E-state index contributed by atoms with van der Waals surface area (Å²) in [5.74, 6) is -0.0340. The minimum absolute atomic E-state index is 0.0540. The Balaban J connectivity index is 2.25. The van der Waals surface area contributed by atoms with Crippen LogP contribution in [0.4, 0.5) is 5.82 Å². The van der Waals surface area contributed by atoms with Crippen LogP contribution in [0.5, 0.6) is 0 Å². The van der Waals surface area contributed by atoms with Gasteiger partial charge in [0, 0.05) is 25.3 Å². The molecule has 5 heteroatoms. The van der Waals surface area contributed by atoms with Crippen LogP contribution >= 0.6 is 0 Å². The second-order valence-corrected chi connectivity index (χ2v) is 4.02. The SMILES string of the molecule is Cc1ccnc(NC(=O)c2cccc(C)[n+]2[O-])c1. The maximum absolute atomic E-state index is 11.9. The van der Waals surface area contributed by atoms with Crippen molar-refractivity contribution < 1.29 is 9.52 Å². The van der Waals surface area contributed by atoms with E-state index in [0.29, 0.717) is 16.2 Å². The van der Waals surface area contributed by atoms with Crippen LogP contribution in [0, 0.1) is 19.1 Å². The van der Waals surface area contributed by atoms with Gasteiger partial charge in [0.15, 0.2) is 5.69 Å². The number of rotatable bonds is 2. The summed E-state index contributed by atoms with van der Waals surface area (Å²) in [5.41, 5.74) is 1.51. The van der Waals surface area contributed by atoms with E-state index >= 15 is 0 Å². The molecule has 0 unspecified atom stereocenters. The first-order chi connectivity index (χ1) is 8.58. The van der Waals surface area contributed by atoms with Gasteiger partial charge in [0.2, 0.25) is 0 Å². The average Bonchev–Trinajstić information content (AvgIpc) is 2.32. The number of anilines is 1. The monoisotopic (exact) mass is 243 g/mol. The van der Waals surface area contributed by atoms with E-state index in [0.717, 1.165) is 5.56 Å². The van der Waals surface area contributed by atoms with E-state index in [1.165, 1.54) is 6.07 Å². The molecule has 0 atom stereocenters. The first-order valence-electron chi connectivity index (χ1n) is 5.51. The summed E-state index contributed by atoms with van der Waals surface area (Å²) < 4.78 is 0.602. The molecular weight excluding hydrogens is 230 g/mol. The van der Waals surface area contributed by atoms with E-state index in [1.807, 2.05) is 13.0 Å². The van der Waals surface area contributed by atoms with Crippen molar-refractivity contribution in [3.05, 3.63) is 58.7 Å². The molecule has 0 spiro atoms. The topological polar surface area (TPSA) is 68.9 Å². The molecule has 2 aromatic heterocycles. The summed E-state index contributed by atoms with van der Waals surface area (Å²) in [4.78, 5) is 15.9. The molecule has 0 aliphatic heterocycles. The second kappa shape index (κ2) is 4.83. The standard InChI is InChI=1S/C13H13N3O2/c1-9-6-7-14-12(8-9)15-13(17)11-5-3-4-10(2)16(11)18/h3-8H,1-2H3,(H,14,15,17). The molecule has 0 aliphatic rings. The largest absolute Gasteiger partial charge is 0.618 e. The number of aryl methyl sites for hydroxylation is 2. The molecule has 92 valence electrons. The summed E-state index contributed by atoms with van der Waals surface area (Å²) in [6, 6.07) is 8.36. The molecule has 0 fully saturated rings. The predicted octanol–water partition coefficient (Wildman–Crippen LogP) is 1.58. The summed E-state index contributed by atoms with van der Waals surface area (Å²) in [7, 11) is 0. The molecule has 0 saturated heterocycles. The lowest BCUT2D eigenvalue weighted by Crippen LogP contribution is -2.39. The normalized spacial score (nSPS) is 10.1. The molecule has 2 aromatic rings. The number of carbonyl (C=O) groups excluding carboxylic acids is 1. The third-order valence-corrected chi connectivity index (χ3v) is 2.52. The predicted molar refractivity (Wildman–Crippen MR) is 67.1 cm³/mol. The van der Waals surface area contributed by atoms with Gasteiger partial charge in [0.1, 0.15) is 5.82 Å².